The summed E-state index contributed by atoms with van der Waals surface area (Å²) in [6, 6.07) is 10.4. The molecule has 19 heavy (non-hydrogen) atoms. The van der Waals surface area contributed by atoms with Crippen molar-refractivity contribution in [1.82, 2.24) is 9.88 Å². The number of rotatable bonds is 4. The van der Waals surface area contributed by atoms with Gasteiger partial charge in [0.25, 0.3) is 0 Å². The minimum absolute atomic E-state index is 0.863. The van der Waals surface area contributed by atoms with E-state index in [1.807, 2.05) is 12.3 Å². The van der Waals surface area contributed by atoms with Gasteiger partial charge in [-0.1, -0.05) is 6.07 Å². The third-order valence-electron chi connectivity index (χ3n) is 3.46. The SMILES string of the molecule is c1cnc2ccc(NCCN3CCOCC3)cc2c1. The molecule has 0 bridgehead atoms. The Morgan fingerprint density at radius 1 is 1.21 bits per heavy atom. The lowest BCUT2D eigenvalue weighted by Crippen LogP contribution is -2.38. The molecule has 0 aliphatic carbocycles. The first-order valence-corrected chi connectivity index (χ1v) is 6.80. The Labute approximate surface area is 113 Å². The predicted molar refractivity (Wildman–Crippen MR) is 77.5 cm³/mol. The first-order valence-electron chi connectivity index (χ1n) is 6.80. The number of ether oxygens (including phenoxy) is 1. The summed E-state index contributed by atoms with van der Waals surface area (Å²) in [5.41, 5.74) is 2.20. The second-order valence-electron chi connectivity index (χ2n) is 4.79. The van der Waals surface area contributed by atoms with Crippen molar-refractivity contribution in [3.05, 3.63) is 36.5 Å². The largest absolute Gasteiger partial charge is 0.384 e. The second-order valence-corrected chi connectivity index (χ2v) is 4.79. The minimum atomic E-state index is 0.863. The number of hydrogen-bond donors (Lipinski definition) is 1. The first kappa shape index (κ1) is 12.4. The Balaban J connectivity index is 1.56. The highest BCUT2D eigenvalue weighted by Gasteiger charge is 2.09. The summed E-state index contributed by atoms with van der Waals surface area (Å²) in [6.07, 6.45) is 1.83. The average Bonchev–Trinajstić information content (AvgIpc) is 2.48. The average molecular weight is 257 g/mol. The number of fused-ring (bicyclic) bond motifs is 1. The summed E-state index contributed by atoms with van der Waals surface area (Å²) < 4.78 is 5.34. The number of anilines is 1. The van der Waals surface area contributed by atoms with Crippen LogP contribution in [0.3, 0.4) is 0 Å². The van der Waals surface area contributed by atoms with Crippen molar-refractivity contribution in [3.63, 3.8) is 0 Å². The lowest BCUT2D eigenvalue weighted by molar-refractivity contribution is 0.0398. The zero-order valence-electron chi connectivity index (χ0n) is 11.0. The maximum atomic E-state index is 5.34. The van der Waals surface area contributed by atoms with Crippen LogP contribution in [-0.2, 0) is 4.74 Å². The lowest BCUT2D eigenvalue weighted by atomic mass is 10.2. The maximum Gasteiger partial charge on any atom is 0.0703 e. The molecule has 1 fully saturated rings. The molecule has 0 radical (unpaired) electrons. The lowest BCUT2D eigenvalue weighted by Gasteiger charge is -2.26. The van der Waals surface area contributed by atoms with Gasteiger partial charge in [0.15, 0.2) is 0 Å². The Morgan fingerprint density at radius 2 is 2.11 bits per heavy atom. The van der Waals surface area contributed by atoms with Crippen LogP contribution in [0.1, 0.15) is 0 Å². The molecule has 1 N–H and O–H groups in total. The fourth-order valence-electron chi connectivity index (χ4n) is 2.37. The van der Waals surface area contributed by atoms with Gasteiger partial charge in [-0.15, -0.1) is 0 Å². The Hall–Kier alpha value is -1.65. The predicted octanol–water partition coefficient (Wildman–Crippen LogP) is 1.98. The molecular weight excluding hydrogens is 238 g/mol. The van der Waals surface area contributed by atoms with E-state index < -0.39 is 0 Å². The van der Waals surface area contributed by atoms with Gasteiger partial charge in [0.2, 0.25) is 0 Å². The normalized spacial score (nSPS) is 16.6. The molecule has 0 atom stereocenters. The molecule has 4 heteroatoms. The number of morpholine rings is 1. The van der Waals surface area contributed by atoms with Crippen molar-refractivity contribution in [3.8, 4) is 0 Å². The van der Waals surface area contributed by atoms with Crippen molar-refractivity contribution in [2.75, 3.05) is 44.7 Å². The zero-order valence-corrected chi connectivity index (χ0v) is 11.0. The standard InChI is InChI=1S/C15H19N3O/c1-2-13-12-14(3-4-15(13)17-5-1)16-6-7-18-8-10-19-11-9-18/h1-5,12,16H,6-11H2. The Bertz CT molecular complexity index is 538. The van der Waals surface area contributed by atoms with E-state index in [0.717, 1.165) is 50.6 Å². The molecule has 0 saturated carbocycles. The van der Waals surface area contributed by atoms with E-state index in [9.17, 15) is 0 Å². The molecule has 2 heterocycles. The highest BCUT2D eigenvalue weighted by molar-refractivity contribution is 5.82. The van der Waals surface area contributed by atoms with Gasteiger partial charge in [-0.25, -0.2) is 0 Å². The smallest absolute Gasteiger partial charge is 0.0703 e. The molecule has 100 valence electrons. The summed E-state index contributed by atoms with van der Waals surface area (Å²) in [4.78, 5) is 6.76. The van der Waals surface area contributed by atoms with Gasteiger partial charge in [-0.05, 0) is 24.3 Å². The number of aromatic nitrogens is 1. The fourth-order valence-corrected chi connectivity index (χ4v) is 2.37. The molecule has 1 aromatic heterocycles. The Kier molecular flexibility index (Phi) is 3.91. The summed E-state index contributed by atoms with van der Waals surface area (Å²) in [6.45, 7) is 5.84. The van der Waals surface area contributed by atoms with Gasteiger partial charge < -0.3 is 10.1 Å². The van der Waals surface area contributed by atoms with Gasteiger partial charge in [0.1, 0.15) is 0 Å². The molecule has 2 aromatic rings. The second kappa shape index (κ2) is 5.99. The van der Waals surface area contributed by atoms with Gasteiger partial charge in [-0.2, -0.15) is 0 Å². The molecule has 3 rings (SSSR count). The van der Waals surface area contributed by atoms with Crippen molar-refractivity contribution in [2.24, 2.45) is 0 Å². The molecule has 1 aliphatic heterocycles. The van der Waals surface area contributed by atoms with Crippen LogP contribution in [0.4, 0.5) is 5.69 Å². The van der Waals surface area contributed by atoms with E-state index in [-0.39, 0.29) is 0 Å². The van der Waals surface area contributed by atoms with E-state index in [1.165, 1.54) is 5.39 Å². The van der Waals surface area contributed by atoms with Crippen LogP contribution in [0.15, 0.2) is 36.5 Å². The van der Waals surface area contributed by atoms with Crippen LogP contribution in [0.5, 0.6) is 0 Å². The van der Waals surface area contributed by atoms with Gasteiger partial charge in [-0.3, -0.25) is 9.88 Å². The molecule has 0 spiro atoms. The van der Waals surface area contributed by atoms with Crippen LogP contribution in [0.2, 0.25) is 0 Å². The third-order valence-corrected chi connectivity index (χ3v) is 3.46. The van der Waals surface area contributed by atoms with Crippen LogP contribution >= 0.6 is 0 Å². The van der Waals surface area contributed by atoms with Crippen molar-refractivity contribution in [1.29, 1.82) is 0 Å². The summed E-state index contributed by atoms with van der Waals surface area (Å²) in [5, 5.41) is 4.65. The first-order chi connectivity index (χ1) is 9.42. The Morgan fingerprint density at radius 3 is 3.00 bits per heavy atom. The van der Waals surface area contributed by atoms with E-state index in [2.05, 4.69) is 39.5 Å². The summed E-state index contributed by atoms with van der Waals surface area (Å²) in [7, 11) is 0. The molecular formula is C15H19N3O. The number of nitrogens with zero attached hydrogens (tertiary/aromatic N) is 2. The third kappa shape index (κ3) is 3.22. The maximum absolute atomic E-state index is 5.34. The van der Waals surface area contributed by atoms with E-state index in [4.69, 9.17) is 4.74 Å². The molecule has 1 aliphatic rings. The fraction of sp³-hybridized carbons (Fsp3) is 0.400. The molecule has 1 aromatic carbocycles. The molecule has 4 nitrogen and oxygen atoms in total. The van der Waals surface area contributed by atoms with Crippen molar-refractivity contribution >= 4 is 16.6 Å². The van der Waals surface area contributed by atoms with Gasteiger partial charge in [0, 0.05) is 43.4 Å². The number of hydrogen-bond acceptors (Lipinski definition) is 4. The summed E-state index contributed by atoms with van der Waals surface area (Å²) in [5.74, 6) is 0. The van der Waals surface area contributed by atoms with Crippen molar-refractivity contribution < 1.29 is 4.74 Å². The van der Waals surface area contributed by atoms with E-state index in [0.29, 0.717) is 0 Å². The van der Waals surface area contributed by atoms with Crippen LogP contribution in [-0.4, -0.2) is 49.3 Å². The van der Waals surface area contributed by atoms with Crippen LogP contribution in [0.25, 0.3) is 10.9 Å². The highest BCUT2D eigenvalue weighted by atomic mass is 16.5. The van der Waals surface area contributed by atoms with Crippen LogP contribution in [0, 0.1) is 0 Å². The molecule has 0 amide bonds. The topological polar surface area (TPSA) is 37.4 Å². The number of nitrogens with one attached hydrogen (secondary N) is 1. The number of pyridine rings is 1. The summed E-state index contributed by atoms with van der Waals surface area (Å²) >= 11 is 0. The van der Waals surface area contributed by atoms with Crippen LogP contribution < -0.4 is 5.32 Å². The number of benzene rings is 1. The van der Waals surface area contributed by atoms with E-state index in [1.54, 1.807) is 0 Å². The quantitative estimate of drug-likeness (QED) is 0.909. The van der Waals surface area contributed by atoms with E-state index >= 15 is 0 Å². The monoisotopic (exact) mass is 257 g/mol. The van der Waals surface area contributed by atoms with Gasteiger partial charge >= 0.3 is 0 Å². The van der Waals surface area contributed by atoms with Gasteiger partial charge in [0.05, 0.1) is 18.7 Å². The highest BCUT2D eigenvalue weighted by Crippen LogP contribution is 2.16. The molecule has 0 unspecified atom stereocenters. The minimum Gasteiger partial charge on any atom is -0.384 e. The van der Waals surface area contributed by atoms with Crippen molar-refractivity contribution in [2.45, 2.75) is 0 Å². The zero-order chi connectivity index (χ0) is 12.9. The molecule has 1 saturated heterocycles.